The maximum atomic E-state index is 6.49. The van der Waals surface area contributed by atoms with E-state index < -0.39 is 0 Å². The summed E-state index contributed by atoms with van der Waals surface area (Å²) in [6, 6.07) is 17.2. The average molecular weight is 358 g/mol. The maximum Gasteiger partial charge on any atom is 0.0471 e. The van der Waals surface area contributed by atoms with E-state index in [0.717, 1.165) is 57.3 Å². The second-order valence-corrected chi connectivity index (χ2v) is 7.11. The fourth-order valence-electron chi connectivity index (χ4n) is 3.28. The van der Waals surface area contributed by atoms with Gasteiger partial charge in [-0.1, -0.05) is 54.9 Å². The molecule has 1 aliphatic rings. The largest absolute Gasteiger partial charge is 0.369 e. The van der Waals surface area contributed by atoms with Gasteiger partial charge in [-0.15, -0.1) is 0 Å². The molecular formula is C21H28ClN3. The van der Waals surface area contributed by atoms with Crippen LogP contribution in [0.25, 0.3) is 0 Å². The number of anilines is 1. The molecule has 0 unspecified atom stereocenters. The van der Waals surface area contributed by atoms with Crippen LogP contribution in [0.5, 0.6) is 0 Å². The fraction of sp³-hybridized carbons (Fsp3) is 0.429. The molecule has 2 aromatic carbocycles. The Hall–Kier alpha value is -1.55. The highest BCUT2D eigenvalue weighted by atomic mass is 35.5. The molecule has 0 bridgehead atoms. The van der Waals surface area contributed by atoms with Crippen molar-refractivity contribution in [3.05, 3.63) is 64.7 Å². The van der Waals surface area contributed by atoms with Crippen LogP contribution in [-0.4, -0.2) is 37.6 Å². The Labute approximate surface area is 156 Å². The highest BCUT2D eigenvalue weighted by molar-refractivity contribution is 6.31. The van der Waals surface area contributed by atoms with Crippen LogP contribution in [0.15, 0.2) is 48.5 Å². The molecule has 0 saturated carbocycles. The summed E-state index contributed by atoms with van der Waals surface area (Å²) in [5, 5.41) is 4.28. The number of nitrogens with one attached hydrogen (secondary N) is 1. The number of piperazine rings is 1. The predicted octanol–water partition coefficient (Wildman–Crippen LogP) is 4.16. The first-order chi connectivity index (χ1) is 12.3. The van der Waals surface area contributed by atoms with Gasteiger partial charge in [-0.05, 0) is 36.2 Å². The zero-order valence-corrected chi connectivity index (χ0v) is 15.8. The van der Waals surface area contributed by atoms with Crippen LogP contribution in [-0.2, 0) is 13.1 Å². The Morgan fingerprint density at radius 2 is 1.76 bits per heavy atom. The monoisotopic (exact) mass is 357 g/mol. The predicted molar refractivity (Wildman–Crippen MR) is 107 cm³/mol. The zero-order valence-electron chi connectivity index (χ0n) is 15.0. The summed E-state index contributed by atoms with van der Waals surface area (Å²) in [7, 11) is 0. The van der Waals surface area contributed by atoms with E-state index in [1.807, 2.05) is 0 Å². The van der Waals surface area contributed by atoms with Crippen LogP contribution in [0, 0.1) is 0 Å². The lowest BCUT2D eigenvalue weighted by Crippen LogP contribution is -2.45. The molecule has 1 saturated heterocycles. The Morgan fingerprint density at radius 1 is 1.00 bits per heavy atom. The van der Waals surface area contributed by atoms with Crippen molar-refractivity contribution in [2.24, 2.45) is 0 Å². The topological polar surface area (TPSA) is 18.5 Å². The third-order valence-corrected chi connectivity index (χ3v) is 5.12. The van der Waals surface area contributed by atoms with E-state index in [1.54, 1.807) is 0 Å². The molecule has 4 heteroatoms. The molecule has 1 N–H and O–H groups in total. The molecule has 3 nitrogen and oxygen atoms in total. The third kappa shape index (κ3) is 5.21. The van der Waals surface area contributed by atoms with Crippen molar-refractivity contribution in [1.29, 1.82) is 0 Å². The van der Waals surface area contributed by atoms with E-state index in [-0.39, 0.29) is 0 Å². The van der Waals surface area contributed by atoms with Gasteiger partial charge in [-0.25, -0.2) is 0 Å². The molecule has 0 atom stereocenters. The maximum absolute atomic E-state index is 6.49. The molecule has 2 aromatic rings. The van der Waals surface area contributed by atoms with Gasteiger partial charge >= 0.3 is 0 Å². The van der Waals surface area contributed by atoms with Crippen molar-refractivity contribution in [1.82, 2.24) is 10.2 Å². The second-order valence-electron chi connectivity index (χ2n) is 6.70. The number of hydrogen-bond donors (Lipinski definition) is 1. The van der Waals surface area contributed by atoms with Gasteiger partial charge in [0.15, 0.2) is 0 Å². The van der Waals surface area contributed by atoms with E-state index in [2.05, 4.69) is 70.6 Å². The van der Waals surface area contributed by atoms with E-state index in [1.165, 1.54) is 16.8 Å². The quantitative estimate of drug-likeness (QED) is 0.750. The lowest BCUT2D eigenvalue weighted by Gasteiger charge is -2.36. The molecule has 134 valence electrons. The van der Waals surface area contributed by atoms with Crippen molar-refractivity contribution in [2.75, 3.05) is 37.6 Å². The molecule has 1 heterocycles. The minimum absolute atomic E-state index is 0.845. The Balaban J connectivity index is 1.53. The SMILES string of the molecule is CCCNCc1ccc(N2CCN(Cc3ccccc3)CC2)cc1Cl. The Bertz CT molecular complexity index is 651. The summed E-state index contributed by atoms with van der Waals surface area (Å²) in [4.78, 5) is 4.97. The standard InChI is InChI=1S/C21H28ClN3/c1-2-10-23-16-19-8-9-20(15-21(19)22)25-13-11-24(12-14-25)17-18-6-4-3-5-7-18/h3-9,15,23H,2,10-14,16-17H2,1H3. The van der Waals surface area contributed by atoms with Gasteiger partial charge in [0.05, 0.1) is 0 Å². The number of halogens is 1. The minimum Gasteiger partial charge on any atom is -0.369 e. The molecule has 0 aliphatic carbocycles. The van der Waals surface area contributed by atoms with Gasteiger partial charge in [-0.2, -0.15) is 0 Å². The first-order valence-corrected chi connectivity index (χ1v) is 9.64. The average Bonchev–Trinajstić information content (AvgIpc) is 2.65. The highest BCUT2D eigenvalue weighted by Crippen LogP contribution is 2.25. The normalized spacial score (nSPS) is 15.5. The van der Waals surface area contributed by atoms with E-state index >= 15 is 0 Å². The molecule has 0 amide bonds. The van der Waals surface area contributed by atoms with Crippen LogP contribution in [0.2, 0.25) is 5.02 Å². The van der Waals surface area contributed by atoms with Crippen LogP contribution in [0.3, 0.4) is 0 Å². The molecule has 1 fully saturated rings. The van der Waals surface area contributed by atoms with Crippen molar-refractivity contribution in [3.8, 4) is 0 Å². The summed E-state index contributed by atoms with van der Waals surface area (Å²) >= 11 is 6.49. The lowest BCUT2D eigenvalue weighted by molar-refractivity contribution is 0.250. The Kier molecular flexibility index (Phi) is 6.74. The van der Waals surface area contributed by atoms with Gasteiger partial charge in [0, 0.05) is 50.0 Å². The molecule has 0 spiro atoms. The molecular weight excluding hydrogens is 330 g/mol. The Morgan fingerprint density at radius 3 is 2.44 bits per heavy atom. The number of rotatable bonds is 7. The molecule has 25 heavy (non-hydrogen) atoms. The summed E-state index contributed by atoms with van der Waals surface area (Å²) in [5.74, 6) is 0. The van der Waals surface area contributed by atoms with Crippen molar-refractivity contribution >= 4 is 17.3 Å². The fourth-order valence-corrected chi connectivity index (χ4v) is 3.52. The first-order valence-electron chi connectivity index (χ1n) is 9.26. The van der Waals surface area contributed by atoms with E-state index in [9.17, 15) is 0 Å². The minimum atomic E-state index is 0.845. The zero-order chi connectivity index (χ0) is 17.5. The third-order valence-electron chi connectivity index (χ3n) is 4.77. The smallest absolute Gasteiger partial charge is 0.0471 e. The van der Waals surface area contributed by atoms with Gasteiger partial charge < -0.3 is 10.2 Å². The van der Waals surface area contributed by atoms with Crippen molar-refractivity contribution < 1.29 is 0 Å². The van der Waals surface area contributed by atoms with Crippen molar-refractivity contribution in [2.45, 2.75) is 26.4 Å². The number of benzene rings is 2. The second kappa shape index (κ2) is 9.23. The molecule has 0 aromatic heterocycles. The van der Waals surface area contributed by atoms with Gasteiger partial charge in [0.1, 0.15) is 0 Å². The summed E-state index contributed by atoms with van der Waals surface area (Å²) in [6.45, 7) is 9.37. The molecule has 1 aliphatic heterocycles. The number of hydrogen-bond acceptors (Lipinski definition) is 3. The summed E-state index contributed by atoms with van der Waals surface area (Å²) in [6.07, 6.45) is 1.14. The van der Waals surface area contributed by atoms with Crippen LogP contribution in [0.1, 0.15) is 24.5 Å². The number of nitrogens with zero attached hydrogens (tertiary/aromatic N) is 2. The van der Waals surface area contributed by atoms with Crippen LogP contribution in [0.4, 0.5) is 5.69 Å². The summed E-state index contributed by atoms with van der Waals surface area (Å²) in [5.41, 5.74) is 3.81. The van der Waals surface area contributed by atoms with Gasteiger partial charge in [0.25, 0.3) is 0 Å². The molecule has 0 radical (unpaired) electrons. The first kappa shape index (κ1) is 18.2. The van der Waals surface area contributed by atoms with E-state index in [4.69, 9.17) is 11.6 Å². The van der Waals surface area contributed by atoms with Gasteiger partial charge in [0.2, 0.25) is 0 Å². The highest BCUT2D eigenvalue weighted by Gasteiger charge is 2.18. The van der Waals surface area contributed by atoms with Gasteiger partial charge in [-0.3, -0.25) is 4.90 Å². The summed E-state index contributed by atoms with van der Waals surface area (Å²) < 4.78 is 0. The lowest BCUT2D eigenvalue weighted by atomic mass is 10.1. The van der Waals surface area contributed by atoms with Crippen LogP contribution < -0.4 is 10.2 Å². The van der Waals surface area contributed by atoms with Crippen molar-refractivity contribution in [3.63, 3.8) is 0 Å². The van der Waals surface area contributed by atoms with E-state index in [0.29, 0.717) is 0 Å². The van der Waals surface area contributed by atoms with Crippen LogP contribution >= 0.6 is 11.6 Å². The molecule has 3 rings (SSSR count).